The van der Waals surface area contributed by atoms with Gasteiger partial charge in [0.15, 0.2) is 0 Å². The second-order valence-corrected chi connectivity index (χ2v) is 11.1. The summed E-state index contributed by atoms with van der Waals surface area (Å²) >= 11 is -1.40. The van der Waals surface area contributed by atoms with Gasteiger partial charge in [-0.15, -0.1) is 0 Å². The molecule has 0 aromatic heterocycles. The predicted octanol–water partition coefficient (Wildman–Crippen LogP) is 9.77. The molecule has 0 N–H and O–H groups in total. The Morgan fingerprint density at radius 1 is 0.714 bits per heavy atom. The molecular weight excluding hydrogens is 549 g/mol. The number of allylic oxidation sites excluding steroid dienone is 4. The van der Waals surface area contributed by atoms with Crippen LogP contribution < -0.4 is 0 Å². The molecule has 1 atom stereocenters. The molecular formula is C32H23F2I. The number of hydrogen-bond donors (Lipinski definition) is 0. The van der Waals surface area contributed by atoms with Crippen molar-refractivity contribution in [3.05, 3.63) is 115 Å². The van der Waals surface area contributed by atoms with Crippen molar-refractivity contribution in [3.63, 3.8) is 0 Å². The van der Waals surface area contributed by atoms with Crippen LogP contribution in [-0.4, -0.2) is 8.44 Å². The van der Waals surface area contributed by atoms with Gasteiger partial charge in [0.05, 0.1) is 5.92 Å². The van der Waals surface area contributed by atoms with E-state index < -0.39 is 30.6 Å². The van der Waals surface area contributed by atoms with Gasteiger partial charge in [-0.3, -0.25) is 0 Å². The molecule has 0 saturated carbocycles. The third-order valence-corrected chi connectivity index (χ3v) is 8.77. The minimum Gasteiger partial charge on any atom is -0.195 e. The fourth-order valence-corrected chi connectivity index (χ4v) is 6.27. The summed E-state index contributed by atoms with van der Waals surface area (Å²) in [5.41, 5.74) is 4.51. The van der Waals surface area contributed by atoms with Gasteiger partial charge in [0, 0.05) is 0 Å². The number of rotatable bonds is 4. The molecule has 35 heavy (non-hydrogen) atoms. The van der Waals surface area contributed by atoms with Crippen molar-refractivity contribution in [3.8, 4) is 11.1 Å². The Hall–Kier alpha value is -3.18. The number of alkyl halides is 3. The Labute approximate surface area is 213 Å². The van der Waals surface area contributed by atoms with E-state index in [0.29, 0.717) is 6.42 Å². The van der Waals surface area contributed by atoms with Crippen LogP contribution in [0.2, 0.25) is 0 Å². The van der Waals surface area contributed by atoms with E-state index in [2.05, 4.69) is 95.5 Å². The summed E-state index contributed by atoms with van der Waals surface area (Å²) < 4.78 is 29.5. The van der Waals surface area contributed by atoms with Crippen LogP contribution in [0.4, 0.5) is 8.78 Å². The van der Waals surface area contributed by atoms with E-state index in [1.165, 1.54) is 32.7 Å². The predicted molar refractivity (Wildman–Crippen MR) is 156 cm³/mol. The molecule has 0 fully saturated rings. The van der Waals surface area contributed by atoms with E-state index in [4.69, 9.17) is 0 Å². The topological polar surface area (TPSA) is 0 Å². The van der Waals surface area contributed by atoms with Crippen LogP contribution in [0.25, 0.3) is 49.0 Å². The van der Waals surface area contributed by atoms with E-state index in [1.54, 1.807) is 6.08 Å². The first-order chi connectivity index (χ1) is 17.1. The summed E-state index contributed by atoms with van der Waals surface area (Å²) in [5, 5.41) is 7.04. The van der Waals surface area contributed by atoms with Gasteiger partial charge in [-0.2, -0.15) is 8.78 Å². The molecule has 0 nitrogen and oxygen atoms in total. The van der Waals surface area contributed by atoms with E-state index in [0.717, 1.165) is 21.9 Å². The van der Waals surface area contributed by atoms with Crippen molar-refractivity contribution in [2.45, 2.75) is 10.4 Å². The van der Waals surface area contributed by atoms with Crippen molar-refractivity contribution >= 4 is 63.1 Å². The van der Waals surface area contributed by atoms with Crippen LogP contribution in [0.1, 0.15) is 12.0 Å². The second kappa shape index (κ2) is 8.80. The van der Waals surface area contributed by atoms with Crippen molar-refractivity contribution < 1.29 is 8.78 Å². The highest BCUT2D eigenvalue weighted by Crippen LogP contribution is 2.45. The van der Waals surface area contributed by atoms with Crippen molar-refractivity contribution in [2.75, 3.05) is 0 Å². The average molecular weight is 572 g/mol. The van der Waals surface area contributed by atoms with Crippen LogP contribution in [0, 0.1) is 5.92 Å². The maximum Gasteiger partial charge on any atom is 0.297 e. The largest absolute Gasteiger partial charge is 0.297 e. The normalized spacial score (nSPS) is 16.2. The van der Waals surface area contributed by atoms with Gasteiger partial charge in [-0.25, -0.2) is 0 Å². The Morgan fingerprint density at radius 3 is 1.86 bits per heavy atom. The van der Waals surface area contributed by atoms with Crippen molar-refractivity contribution in [1.29, 1.82) is 0 Å². The molecule has 172 valence electrons. The molecule has 1 unspecified atom stereocenters. The smallest absolute Gasteiger partial charge is 0.195 e. The van der Waals surface area contributed by atoms with Gasteiger partial charge < -0.3 is 0 Å². The highest BCUT2D eigenvalue weighted by molar-refractivity contribution is 14.2. The maximum atomic E-state index is 14.3. The monoisotopic (exact) mass is 572 g/mol. The van der Waals surface area contributed by atoms with Gasteiger partial charge in [0.25, 0.3) is 3.93 Å². The van der Waals surface area contributed by atoms with E-state index in [-0.39, 0.29) is 0 Å². The first kappa shape index (κ1) is 22.3. The molecule has 6 rings (SSSR count). The fraction of sp³-hybridized carbons (Fsp3) is 0.0938. The van der Waals surface area contributed by atoms with E-state index in [9.17, 15) is 8.78 Å². The summed E-state index contributed by atoms with van der Waals surface area (Å²) in [6, 6.07) is 32.0. The summed E-state index contributed by atoms with van der Waals surface area (Å²) in [7, 11) is 0. The molecule has 0 saturated heterocycles. The molecule has 0 amide bonds. The van der Waals surface area contributed by atoms with Crippen LogP contribution in [0.5, 0.6) is 0 Å². The molecule has 5 aromatic carbocycles. The minimum absolute atomic E-state index is 0.336. The molecule has 0 aliphatic heterocycles. The lowest BCUT2D eigenvalue weighted by atomic mass is 9.83. The van der Waals surface area contributed by atoms with Crippen LogP contribution >= 0.6 is 20.7 Å². The Bertz CT molecular complexity index is 1620. The van der Waals surface area contributed by atoms with E-state index >= 15 is 0 Å². The number of hydrogen-bond acceptors (Lipinski definition) is 0. The van der Waals surface area contributed by atoms with Crippen LogP contribution in [0.15, 0.2) is 109 Å². The number of fused-ring (bicyclic) bond motifs is 3. The van der Waals surface area contributed by atoms with Crippen LogP contribution in [-0.2, 0) is 0 Å². The lowest BCUT2D eigenvalue weighted by Gasteiger charge is -2.24. The van der Waals surface area contributed by atoms with Gasteiger partial charge in [-0.1, -0.05) is 128 Å². The fourth-order valence-electron chi connectivity index (χ4n) is 5.24. The summed E-state index contributed by atoms with van der Waals surface area (Å²) in [6.07, 6.45) is 5.91. The zero-order chi connectivity index (χ0) is 24.0. The SMILES string of the molecule is C=IC(F)(F)C1C=CC(c2c3ccccc3c(-c3ccc4ccccc4c3)c3ccccc23)=CC1. The zero-order valence-electron chi connectivity index (χ0n) is 19.0. The molecule has 1 aliphatic rings. The average Bonchev–Trinajstić information content (AvgIpc) is 2.91. The molecule has 1 aliphatic carbocycles. The van der Waals surface area contributed by atoms with Crippen molar-refractivity contribution in [1.82, 2.24) is 0 Å². The highest BCUT2D eigenvalue weighted by atomic mass is 127. The van der Waals surface area contributed by atoms with Gasteiger partial charge in [-0.05, 0) is 67.1 Å². The third-order valence-electron chi connectivity index (χ3n) is 6.96. The lowest BCUT2D eigenvalue weighted by Crippen LogP contribution is -2.20. The van der Waals surface area contributed by atoms with Crippen molar-refractivity contribution in [2.24, 2.45) is 5.92 Å². The van der Waals surface area contributed by atoms with Crippen LogP contribution in [0.3, 0.4) is 0 Å². The number of halogens is 3. The molecule has 0 heterocycles. The van der Waals surface area contributed by atoms with Gasteiger partial charge >= 0.3 is 0 Å². The highest BCUT2D eigenvalue weighted by Gasteiger charge is 2.35. The summed E-state index contributed by atoms with van der Waals surface area (Å²) in [5.74, 6) is -0.758. The number of benzene rings is 5. The quantitative estimate of drug-likeness (QED) is 0.114. The summed E-state index contributed by atoms with van der Waals surface area (Å²) in [4.78, 5) is 0. The first-order valence-corrected chi connectivity index (χ1v) is 14.3. The molecule has 5 aromatic rings. The molecule has 0 radical (unpaired) electrons. The Morgan fingerprint density at radius 2 is 1.29 bits per heavy atom. The Balaban J connectivity index is 1.61. The second-order valence-electron chi connectivity index (χ2n) is 8.94. The van der Waals surface area contributed by atoms with E-state index in [1.807, 2.05) is 12.2 Å². The third kappa shape index (κ3) is 3.82. The van der Waals surface area contributed by atoms with Gasteiger partial charge in [0.2, 0.25) is 0 Å². The molecule has 0 spiro atoms. The minimum atomic E-state index is -2.68. The lowest BCUT2D eigenvalue weighted by molar-refractivity contribution is 0.0804. The molecule has 3 heteroatoms. The first-order valence-electron chi connectivity index (χ1n) is 11.7. The van der Waals surface area contributed by atoms with Gasteiger partial charge in [0.1, 0.15) is 0 Å². The maximum absolute atomic E-state index is 14.3. The summed E-state index contributed by atoms with van der Waals surface area (Å²) in [6.45, 7) is 0. The standard InChI is InChI=1S/C32H23F2I/c1-35-32(33,34)25-18-16-22(17-19-25)30-26-10-4-6-12-28(26)31(29-13-7-5-11-27(29)30)24-15-14-21-8-2-3-9-23(21)20-24/h2-18,20,25H,1,19H2. The Kier molecular flexibility index (Phi) is 5.60. The zero-order valence-corrected chi connectivity index (χ0v) is 21.2. The molecule has 0 bridgehead atoms.